The predicted octanol–water partition coefficient (Wildman–Crippen LogP) is 8.70. The molecular weight excluding hydrogens is 530 g/mol. The summed E-state index contributed by atoms with van der Waals surface area (Å²) in [6.07, 6.45) is 1.28. The van der Waals surface area contributed by atoms with Crippen molar-refractivity contribution in [1.29, 1.82) is 0 Å². The van der Waals surface area contributed by atoms with Crippen LogP contribution in [0.15, 0.2) is 45.2 Å². The molecule has 0 aliphatic heterocycles. The fourth-order valence-corrected chi connectivity index (χ4v) is 4.76. The molecule has 0 saturated carbocycles. The van der Waals surface area contributed by atoms with Crippen LogP contribution in [-0.2, 0) is 10.8 Å². The van der Waals surface area contributed by atoms with Crippen LogP contribution >= 0.6 is 35.0 Å². The lowest BCUT2D eigenvalue weighted by Gasteiger charge is -2.28. The van der Waals surface area contributed by atoms with E-state index in [4.69, 9.17) is 23.2 Å². The van der Waals surface area contributed by atoms with E-state index in [1.807, 2.05) is 41.5 Å². The molecule has 0 amide bonds. The largest absolute Gasteiger partial charge is 0.507 e. The van der Waals surface area contributed by atoms with Crippen molar-refractivity contribution in [2.45, 2.75) is 62.2 Å². The summed E-state index contributed by atoms with van der Waals surface area (Å²) in [4.78, 5) is 3.17. The average molecular weight is 556 g/mol. The van der Waals surface area contributed by atoms with E-state index in [1.165, 1.54) is 12.3 Å². The van der Waals surface area contributed by atoms with Crippen LogP contribution in [0.4, 0.5) is 19.0 Å². The first-order valence-corrected chi connectivity index (χ1v) is 12.5. The van der Waals surface area contributed by atoms with Gasteiger partial charge in [-0.15, -0.1) is 0 Å². The van der Waals surface area contributed by atoms with Crippen LogP contribution in [0.5, 0.6) is 5.75 Å². The SMILES string of the molecule is CC(C)(C)c1cc(Sc2c(F)c(F)nc(N/N=C\c3ccc(Cl)cc3Cl)c2F)cc(C(C)(C)C)c1O. The van der Waals surface area contributed by atoms with Gasteiger partial charge in [-0.25, -0.2) is 8.78 Å². The highest BCUT2D eigenvalue weighted by molar-refractivity contribution is 7.99. The molecule has 36 heavy (non-hydrogen) atoms. The van der Waals surface area contributed by atoms with Crippen molar-refractivity contribution < 1.29 is 18.3 Å². The first-order valence-electron chi connectivity index (χ1n) is 10.9. The molecule has 1 heterocycles. The van der Waals surface area contributed by atoms with Crippen molar-refractivity contribution >= 4 is 47.0 Å². The van der Waals surface area contributed by atoms with Crippen molar-refractivity contribution in [3.8, 4) is 5.75 Å². The molecule has 10 heteroatoms. The smallest absolute Gasteiger partial charge is 0.252 e. The van der Waals surface area contributed by atoms with Crippen molar-refractivity contribution in [2.24, 2.45) is 5.10 Å². The van der Waals surface area contributed by atoms with E-state index in [9.17, 15) is 13.9 Å². The third-order valence-corrected chi connectivity index (χ3v) is 6.85. The van der Waals surface area contributed by atoms with Crippen molar-refractivity contribution in [1.82, 2.24) is 4.98 Å². The normalized spacial score (nSPS) is 12.4. The molecule has 0 bridgehead atoms. The zero-order chi connectivity index (χ0) is 27.0. The number of hydrogen-bond acceptors (Lipinski definition) is 5. The Kier molecular flexibility index (Phi) is 8.23. The summed E-state index contributed by atoms with van der Waals surface area (Å²) in [5.74, 6) is -4.48. The van der Waals surface area contributed by atoms with Gasteiger partial charge in [0.25, 0.3) is 5.95 Å². The van der Waals surface area contributed by atoms with Gasteiger partial charge in [0.2, 0.25) is 0 Å². The number of halogens is 5. The Morgan fingerprint density at radius 2 is 1.53 bits per heavy atom. The number of nitrogens with zero attached hydrogens (tertiary/aromatic N) is 2. The lowest BCUT2D eigenvalue weighted by atomic mass is 9.79. The zero-order valence-electron chi connectivity index (χ0n) is 20.6. The van der Waals surface area contributed by atoms with Gasteiger partial charge in [-0.2, -0.15) is 14.5 Å². The molecule has 0 fully saturated rings. The average Bonchev–Trinajstić information content (AvgIpc) is 2.75. The third-order valence-electron chi connectivity index (χ3n) is 5.25. The van der Waals surface area contributed by atoms with Crippen LogP contribution < -0.4 is 5.43 Å². The Morgan fingerprint density at radius 3 is 2.06 bits per heavy atom. The van der Waals surface area contributed by atoms with Gasteiger partial charge in [0.05, 0.1) is 16.1 Å². The molecule has 0 aliphatic rings. The maximum absolute atomic E-state index is 15.3. The number of benzene rings is 2. The second-order valence-electron chi connectivity index (χ2n) is 10.2. The zero-order valence-corrected chi connectivity index (χ0v) is 22.9. The first-order chi connectivity index (χ1) is 16.6. The monoisotopic (exact) mass is 555 g/mol. The number of aromatic nitrogens is 1. The van der Waals surface area contributed by atoms with Gasteiger partial charge in [0.1, 0.15) is 5.75 Å². The first kappa shape index (κ1) is 28.2. The van der Waals surface area contributed by atoms with Crippen LogP contribution in [0.2, 0.25) is 10.0 Å². The number of pyridine rings is 1. The minimum Gasteiger partial charge on any atom is -0.507 e. The summed E-state index contributed by atoms with van der Waals surface area (Å²) in [6.45, 7) is 11.5. The van der Waals surface area contributed by atoms with Gasteiger partial charge in [-0.1, -0.05) is 82.6 Å². The summed E-state index contributed by atoms with van der Waals surface area (Å²) in [5, 5.41) is 15.5. The number of aromatic hydroxyl groups is 1. The molecule has 0 unspecified atom stereocenters. The van der Waals surface area contributed by atoms with E-state index in [-0.39, 0.29) is 5.75 Å². The summed E-state index contributed by atoms with van der Waals surface area (Å²) in [7, 11) is 0. The molecule has 192 valence electrons. The van der Waals surface area contributed by atoms with Crippen molar-refractivity contribution in [3.05, 3.63) is 74.6 Å². The molecule has 0 radical (unpaired) electrons. The minimum absolute atomic E-state index is 0.124. The third kappa shape index (κ3) is 6.28. The highest BCUT2D eigenvalue weighted by Gasteiger charge is 2.28. The van der Waals surface area contributed by atoms with Crippen LogP contribution in [0.1, 0.15) is 58.2 Å². The van der Waals surface area contributed by atoms with Crippen LogP contribution in [0, 0.1) is 17.6 Å². The number of anilines is 1. The second-order valence-corrected chi connectivity index (χ2v) is 12.1. The fraction of sp³-hybridized carbons (Fsp3) is 0.308. The predicted molar refractivity (Wildman–Crippen MR) is 141 cm³/mol. The molecular formula is C26H26Cl2F3N3OS. The van der Waals surface area contributed by atoms with Crippen LogP contribution in [0.25, 0.3) is 0 Å². The van der Waals surface area contributed by atoms with Crippen LogP contribution in [0.3, 0.4) is 0 Å². The van der Waals surface area contributed by atoms with E-state index >= 15 is 4.39 Å². The summed E-state index contributed by atoms with van der Waals surface area (Å²) in [6, 6.07) is 8.00. The quantitative estimate of drug-likeness (QED) is 0.188. The molecule has 3 rings (SSSR count). The molecule has 2 aromatic carbocycles. The maximum Gasteiger partial charge on any atom is 0.252 e. The Labute approximate surface area is 222 Å². The van der Waals surface area contributed by atoms with E-state index in [2.05, 4.69) is 15.5 Å². The summed E-state index contributed by atoms with van der Waals surface area (Å²) in [5.41, 5.74) is 3.09. The van der Waals surface area contributed by atoms with E-state index in [0.717, 1.165) is 0 Å². The maximum atomic E-state index is 15.3. The Balaban J connectivity index is 2.02. The number of rotatable bonds is 5. The van der Waals surface area contributed by atoms with Gasteiger partial charge >= 0.3 is 0 Å². The van der Waals surface area contributed by atoms with Gasteiger partial charge < -0.3 is 5.11 Å². The molecule has 3 aromatic rings. The molecule has 2 N–H and O–H groups in total. The molecule has 1 aromatic heterocycles. The van der Waals surface area contributed by atoms with Crippen molar-refractivity contribution in [2.75, 3.05) is 5.43 Å². The fourth-order valence-electron chi connectivity index (χ4n) is 3.35. The Bertz CT molecular complexity index is 1300. The van der Waals surface area contributed by atoms with Crippen LogP contribution in [-0.4, -0.2) is 16.3 Å². The topological polar surface area (TPSA) is 57.5 Å². The molecule has 0 saturated heterocycles. The number of hydrazone groups is 1. The Morgan fingerprint density at radius 1 is 0.944 bits per heavy atom. The lowest BCUT2D eigenvalue weighted by Crippen LogP contribution is -2.17. The highest BCUT2D eigenvalue weighted by Crippen LogP contribution is 2.44. The minimum atomic E-state index is -1.48. The number of hydrogen-bond donors (Lipinski definition) is 2. The highest BCUT2D eigenvalue weighted by atomic mass is 35.5. The Hall–Kier alpha value is -2.42. The second kappa shape index (κ2) is 10.5. The molecule has 4 nitrogen and oxygen atoms in total. The summed E-state index contributed by atoms with van der Waals surface area (Å²) >= 11 is 12.6. The van der Waals surface area contributed by atoms with Gasteiger partial charge in [0.15, 0.2) is 17.5 Å². The molecule has 0 atom stereocenters. The van der Waals surface area contributed by atoms with Crippen molar-refractivity contribution in [3.63, 3.8) is 0 Å². The van der Waals surface area contributed by atoms with E-state index < -0.39 is 39.1 Å². The lowest BCUT2D eigenvalue weighted by molar-refractivity contribution is 0.422. The van der Waals surface area contributed by atoms with Gasteiger partial charge in [0, 0.05) is 26.6 Å². The number of phenolic OH excluding ortho intramolecular Hbond substituents is 1. The van der Waals surface area contributed by atoms with Gasteiger partial charge in [-0.3, -0.25) is 5.43 Å². The standard InChI is InChI=1S/C26H26Cl2F3N3OS/c1-25(2,3)16-10-15(11-17(21(16)35)26(4,5)6)36-22-19(29)23(31)33-24(20(22)30)34-32-12-13-7-8-14(27)9-18(13)28/h7-12,35H,1-6H3,(H,33,34)/b32-12-. The van der Waals surface area contributed by atoms with E-state index in [0.29, 0.717) is 43.4 Å². The number of nitrogens with one attached hydrogen (secondary N) is 1. The number of phenols is 1. The van der Waals surface area contributed by atoms with Gasteiger partial charge in [-0.05, 0) is 35.1 Å². The molecule has 0 aliphatic carbocycles. The molecule has 0 spiro atoms. The van der Waals surface area contributed by atoms with E-state index in [1.54, 1.807) is 24.3 Å². The summed E-state index contributed by atoms with van der Waals surface area (Å²) < 4.78 is 44.3.